The Bertz CT molecular complexity index is 810. The number of non-ortho nitro benzene ring substituents is 1. The molecule has 142 valence electrons. The molecule has 2 aromatic carbocycles. The number of amides is 2. The van der Waals surface area contributed by atoms with Gasteiger partial charge in [-0.25, -0.2) is 0 Å². The summed E-state index contributed by atoms with van der Waals surface area (Å²) < 4.78 is 28.3. The van der Waals surface area contributed by atoms with Crippen molar-refractivity contribution in [1.82, 2.24) is 5.32 Å². The maximum absolute atomic E-state index is 12.1. The molecule has 0 aliphatic rings. The lowest BCUT2D eigenvalue weighted by Crippen LogP contribution is -2.27. The Morgan fingerprint density at radius 1 is 1.07 bits per heavy atom. The molecule has 27 heavy (non-hydrogen) atoms. The Balaban J connectivity index is 1.76. The van der Waals surface area contributed by atoms with Crippen molar-refractivity contribution < 1.29 is 28.0 Å². The van der Waals surface area contributed by atoms with Crippen molar-refractivity contribution in [2.45, 2.75) is 13.0 Å². The van der Waals surface area contributed by atoms with Crippen molar-refractivity contribution >= 4 is 23.2 Å². The van der Waals surface area contributed by atoms with E-state index in [9.17, 15) is 28.5 Å². The smallest absolute Gasteiger partial charge is 0.387 e. The Hall–Kier alpha value is -3.56. The molecule has 2 aromatic rings. The van der Waals surface area contributed by atoms with E-state index in [4.69, 9.17) is 0 Å². The van der Waals surface area contributed by atoms with Crippen LogP contribution in [-0.2, 0) is 4.79 Å². The molecule has 10 heteroatoms. The predicted octanol–water partition coefficient (Wildman–Crippen LogP) is 2.95. The second kappa shape index (κ2) is 9.22. The number of hydrogen-bond acceptors (Lipinski definition) is 5. The van der Waals surface area contributed by atoms with Gasteiger partial charge in [-0.3, -0.25) is 19.7 Å². The van der Waals surface area contributed by atoms with E-state index in [1.807, 2.05) is 0 Å². The summed E-state index contributed by atoms with van der Waals surface area (Å²) in [5.74, 6) is -0.883. The fraction of sp³-hybridized carbons (Fsp3) is 0.176. The molecular weight excluding hydrogens is 364 g/mol. The summed E-state index contributed by atoms with van der Waals surface area (Å²) in [4.78, 5) is 33.7. The molecule has 0 atom stereocenters. The number of nitrogens with zero attached hydrogens (tertiary/aromatic N) is 1. The number of nitrogens with one attached hydrogen (secondary N) is 2. The molecular formula is C17H15F2N3O5. The minimum absolute atomic E-state index is 0.0198. The zero-order valence-corrected chi connectivity index (χ0v) is 13.9. The van der Waals surface area contributed by atoms with E-state index < -0.39 is 17.4 Å². The van der Waals surface area contributed by atoms with E-state index in [0.717, 1.165) is 0 Å². The number of ether oxygens (including phenoxy) is 1. The lowest BCUT2D eigenvalue weighted by molar-refractivity contribution is -0.384. The second-order valence-corrected chi connectivity index (χ2v) is 5.26. The number of benzene rings is 2. The Morgan fingerprint density at radius 2 is 1.70 bits per heavy atom. The first kappa shape index (κ1) is 19.8. The van der Waals surface area contributed by atoms with Crippen molar-refractivity contribution in [3.8, 4) is 5.75 Å². The van der Waals surface area contributed by atoms with Crippen molar-refractivity contribution in [1.29, 1.82) is 0 Å². The van der Waals surface area contributed by atoms with E-state index in [0.29, 0.717) is 5.69 Å². The van der Waals surface area contributed by atoms with Crippen LogP contribution in [0.4, 0.5) is 20.2 Å². The molecule has 0 aromatic heterocycles. The van der Waals surface area contributed by atoms with E-state index in [1.165, 1.54) is 48.5 Å². The first-order valence-electron chi connectivity index (χ1n) is 7.72. The summed E-state index contributed by atoms with van der Waals surface area (Å²) in [5.41, 5.74) is 0.495. The SMILES string of the molecule is O=C(CCNC(=O)c1ccc([N+](=O)[O-])cc1)Nc1ccc(OC(F)F)cc1. The fourth-order valence-electron chi connectivity index (χ4n) is 2.07. The molecule has 0 fully saturated rings. The highest BCUT2D eigenvalue weighted by molar-refractivity contribution is 5.95. The Labute approximate surface area is 152 Å². The van der Waals surface area contributed by atoms with Crippen molar-refractivity contribution in [2.24, 2.45) is 0 Å². The van der Waals surface area contributed by atoms with Crippen LogP contribution < -0.4 is 15.4 Å². The topological polar surface area (TPSA) is 111 Å². The summed E-state index contributed by atoms with van der Waals surface area (Å²) in [6.45, 7) is -2.88. The lowest BCUT2D eigenvalue weighted by atomic mass is 10.2. The Kier molecular flexibility index (Phi) is 6.75. The highest BCUT2D eigenvalue weighted by Gasteiger charge is 2.10. The van der Waals surface area contributed by atoms with Gasteiger partial charge >= 0.3 is 6.61 Å². The average Bonchev–Trinajstić information content (AvgIpc) is 2.63. The molecule has 2 N–H and O–H groups in total. The highest BCUT2D eigenvalue weighted by Crippen LogP contribution is 2.17. The molecule has 0 saturated carbocycles. The van der Waals surface area contributed by atoms with Gasteiger partial charge in [-0.15, -0.1) is 0 Å². The molecule has 0 spiro atoms. The molecule has 8 nitrogen and oxygen atoms in total. The number of halogens is 2. The van der Waals surface area contributed by atoms with Gasteiger partial charge in [0.05, 0.1) is 4.92 Å². The first-order chi connectivity index (χ1) is 12.8. The third kappa shape index (κ3) is 6.34. The summed E-state index contributed by atoms with van der Waals surface area (Å²) in [5, 5.41) is 15.6. The van der Waals surface area contributed by atoms with E-state index in [1.54, 1.807) is 0 Å². The summed E-state index contributed by atoms with van der Waals surface area (Å²) in [6.07, 6.45) is -0.0198. The third-order valence-corrected chi connectivity index (χ3v) is 3.34. The number of anilines is 1. The van der Waals surface area contributed by atoms with Crippen LogP contribution in [0.15, 0.2) is 48.5 Å². The van der Waals surface area contributed by atoms with Crippen molar-refractivity contribution in [3.05, 3.63) is 64.2 Å². The zero-order valence-electron chi connectivity index (χ0n) is 13.9. The molecule has 0 heterocycles. The maximum Gasteiger partial charge on any atom is 0.387 e. The average molecular weight is 379 g/mol. The van der Waals surface area contributed by atoms with Crippen LogP contribution in [0, 0.1) is 10.1 Å². The quantitative estimate of drug-likeness (QED) is 0.541. The Morgan fingerprint density at radius 3 is 2.26 bits per heavy atom. The lowest BCUT2D eigenvalue weighted by Gasteiger charge is -2.08. The fourth-order valence-corrected chi connectivity index (χ4v) is 2.07. The number of rotatable bonds is 8. The summed E-state index contributed by atoms with van der Waals surface area (Å²) >= 11 is 0. The monoisotopic (exact) mass is 379 g/mol. The molecule has 0 radical (unpaired) electrons. The molecule has 0 saturated heterocycles. The number of nitro benzene ring substituents is 1. The van der Waals surface area contributed by atoms with Gasteiger partial charge in [-0.1, -0.05) is 0 Å². The van der Waals surface area contributed by atoms with Gasteiger partial charge in [-0.05, 0) is 36.4 Å². The largest absolute Gasteiger partial charge is 0.435 e. The number of nitro groups is 1. The highest BCUT2D eigenvalue weighted by atomic mass is 19.3. The van der Waals surface area contributed by atoms with E-state index in [2.05, 4.69) is 15.4 Å². The van der Waals surface area contributed by atoms with Gasteiger partial charge < -0.3 is 15.4 Å². The zero-order chi connectivity index (χ0) is 19.8. The summed E-state index contributed by atoms with van der Waals surface area (Å²) in [6, 6.07) is 10.5. The van der Waals surface area contributed by atoms with E-state index in [-0.39, 0.29) is 35.9 Å². The van der Waals surface area contributed by atoms with Crippen LogP contribution in [0.5, 0.6) is 5.75 Å². The molecule has 2 rings (SSSR count). The normalized spacial score (nSPS) is 10.3. The van der Waals surface area contributed by atoms with Crippen molar-refractivity contribution in [3.63, 3.8) is 0 Å². The van der Waals surface area contributed by atoms with Crippen LogP contribution in [0.2, 0.25) is 0 Å². The van der Waals surface area contributed by atoms with Gasteiger partial charge in [0.2, 0.25) is 5.91 Å². The predicted molar refractivity (Wildman–Crippen MR) is 91.8 cm³/mol. The first-order valence-corrected chi connectivity index (χ1v) is 7.72. The standard InChI is InChI=1S/C17H15F2N3O5/c18-17(19)27-14-7-3-12(4-8-14)21-15(23)9-10-20-16(24)11-1-5-13(6-2-11)22(25)26/h1-8,17H,9-10H2,(H,20,24)(H,21,23). The van der Waals surface area contributed by atoms with Crippen LogP contribution in [-0.4, -0.2) is 29.9 Å². The van der Waals surface area contributed by atoms with Crippen LogP contribution in [0.25, 0.3) is 0 Å². The van der Waals surface area contributed by atoms with E-state index >= 15 is 0 Å². The second-order valence-electron chi connectivity index (χ2n) is 5.26. The van der Waals surface area contributed by atoms with Crippen LogP contribution in [0.1, 0.15) is 16.8 Å². The third-order valence-electron chi connectivity index (χ3n) is 3.34. The molecule has 0 unspecified atom stereocenters. The van der Waals surface area contributed by atoms with Gasteiger partial charge in [0, 0.05) is 36.3 Å². The minimum atomic E-state index is -2.93. The number of carbonyl (C=O) groups excluding carboxylic acids is 2. The van der Waals surface area contributed by atoms with Gasteiger partial charge in [-0.2, -0.15) is 8.78 Å². The van der Waals surface area contributed by atoms with Crippen molar-refractivity contribution in [2.75, 3.05) is 11.9 Å². The molecule has 2 amide bonds. The molecule has 0 aliphatic heterocycles. The minimum Gasteiger partial charge on any atom is -0.435 e. The molecule has 0 aliphatic carbocycles. The van der Waals surface area contributed by atoms with Crippen LogP contribution in [0.3, 0.4) is 0 Å². The van der Waals surface area contributed by atoms with Crippen LogP contribution >= 0.6 is 0 Å². The van der Waals surface area contributed by atoms with Gasteiger partial charge in [0.25, 0.3) is 11.6 Å². The van der Waals surface area contributed by atoms with Gasteiger partial charge in [0.1, 0.15) is 5.75 Å². The number of alkyl halides is 2. The number of hydrogen-bond donors (Lipinski definition) is 2. The maximum atomic E-state index is 12.1. The number of carbonyl (C=O) groups is 2. The summed E-state index contributed by atoms with van der Waals surface area (Å²) in [7, 11) is 0. The van der Waals surface area contributed by atoms with Gasteiger partial charge in [0.15, 0.2) is 0 Å². The molecule has 0 bridgehead atoms.